The van der Waals surface area contributed by atoms with Crippen LogP contribution in [0.3, 0.4) is 0 Å². The van der Waals surface area contributed by atoms with Crippen molar-refractivity contribution in [2.45, 2.75) is 32.6 Å². The summed E-state index contributed by atoms with van der Waals surface area (Å²) < 4.78 is 5.50. The van der Waals surface area contributed by atoms with E-state index in [1.165, 1.54) is 49.8 Å². The molecule has 1 atom stereocenters. The van der Waals surface area contributed by atoms with Gasteiger partial charge >= 0.3 is 0 Å². The number of hydrogen-bond acceptors (Lipinski definition) is 3. The maximum absolute atomic E-state index is 5.50. The highest BCUT2D eigenvalue weighted by Gasteiger charge is 2.30. The van der Waals surface area contributed by atoms with Crippen LogP contribution in [0.2, 0.25) is 0 Å². The molecule has 22 heavy (non-hydrogen) atoms. The van der Waals surface area contributed by atoms with Gasteiger partial charge in [0.1, 0.15) is 11.3 Å². The Morgan fingerprint density at radius 3 is 2.86 bits per heavy atom. The summed E-state index contributed by atoms with van der Waals surface area (Å²) in [5.74, 6) is 2.78. The molecule has 0 amide bonds. The van der Waals surface area contributed by atoms with Crippen LogP contribution in [-0.4, -0.2) is 25.2 Å². The van der Waals surface area contributed by atoms with Crippen molar-refractivity contribution in [2.24, 2.45) is 11.8 Å². The van der Waals surface area contributed by atoms with Crippen molar-refractivity contribution in [3.63, 3.8) is 0 Å². The van der Waals surface area contributed by atoms with Crippen LogP contribution in [0.1, 0.15) is 31.4 Å². The average Bonchev–Trinajstić information content (AvgIpc) is 3.21. The number of fused-ring (bicyclic) bond motifs is 1. The van der Waals surface area contributed by atoms with Crippen molar-refractivity contribution in [1.29, 1.82) is 0 Å². The second-order valence-corrected chi connectivity index (χ2v) is 6.92. The lowest BCUT2D eigenvalue weighted by Gasteiger charge is -2.22. The number of aryl methyl sites for hydroxylation is 1. The van der Waals surface area contributed by atoms with Gasteiger partial charge in [-0.25, -0.2) is 4.98 Å². The Labute approximate surface area is 132 Å². The van der Waals surface area contributed by atoms with Crippen molar-refractivity contribution >= 4 is 16.6 Å². The van der Waals surface area contributed by atoms with Crippen LogP contribution >= 0.6 is 0 Å². The molecule has 2 fully saturated rings. The Bertz CT molecular complexity index is 693. The predicted octanol–water partition coefficient (Wildman–Crippen LogP) is 4.18. The monoisotopic (exact) mass is 296 g/mol. The molecule has 3 nitrogen and oxygen atoms in total. The van der Waals surface area contributed by atoms with Crippen molar-refractivity contribution in [2.75, 3.05) is 25.1 Å². The zero-order valence-electron chi connectivity index (χ0n) is 13.5. The summed E-state index contributed by atoms with van der Waals surface area (Å²) in [5, 5.41) is 1.22. The second kappa shape index (κ2) is 5.45. The lowest BCUT2D eigenvalue weighted by Crippen LogP contribution is -2.20. The largest absolute Gasteiger partial charge is 0.494 e. The lowest BCUT2D eigenvalue weighted by molar-refractivity contribution is 0.419. The number of pyridine rings is 1. The molecular formula is C19H24N2O. The van der Waals surface area contributed by atoms with Gasteiger partial charge in [0.25, 0.3) is 0 Å². The molecule has 3 heteroatoms. The molecule has 2 aliphatic rings. The summed E-state index contributed by atoms with van der Waals surface area (Å²) in [7, 11) is 1.72. The van der Waals surface area contributed by atoms with Gasteiger partial charge in [0.2, 0.25) is 0 Å². The third-order valence-electron chi connectivity index (χ3n) is 5.12. The molecule has 0 spiro atoms. The minimum atomic E-state index is 0.871. The van der Waals surface area contributed by atoms with E-state index in [1.807, 2.05) is 6.07 Å². The van der Waals surface area contributed by atoms with Crippen molar-refractivity contribution in [3.8, 4) is 5.75 Å². The molecule has 2 heterocycles. The Morgan fingerprint density at radius 1 is 1.23 bits per heavy atom. The summed E-state index contributed by atoms with van der Waals surface area (Å²) in [6.45, 7) is 4.45. The molecule has 2 aromatic rings. The third kappa shape index (κ3) is 2.53. The van der Waals surface area contributed by atoms with E-state index in [0.29, 0.717) is 0 Å². The van der Waals surface area contributed by atoms with Crippen molar-refractivity contribution in [3.05, 3.63) is 30.0 Å². The van der Waals surface area contributed by atoms with Gasteiger partial charge in [0.15, 0.2) is 0 Å². The van der Waals surface area contributed by atoms with Crippen LogP contribution in [-0.2, 0) is 0 Å². The van der Waals surface area contributed by atoms with Gasteiger partial charge in [-0.2, -0.15) is 0 Å². The lowest BCUT2D eigenvalue weighted by atomic mass is 10.0. The maximum Gasteiger partial charge on any atom is 0.145 e. The fourth-order valence-electron chi connectivity index (χ4n) is 3.82. The summed E-state index contributed by atoms with van der Waals surface area (Å²) in [6.07, 6.45) is 5.70. The number of nitrogens with zero attached hydrogens (tertiary/aromatic N) is 2. The van der Waals surface area contributed by atoms with E-state index in [0.717, 1.165) is 28.8 Å². The van der Waals surface area contributed by atoms with Gasteiger partial charge in [-0.15, -0.1) is 0 Å². The first kappa shape index (κ1) is 13.9. The number of rotatable bonds is 4. The molecule has 1 aliphatic carbocycles. The van der Waals surface area contributed by atoms with E-state index in [4.69, 9.17) is 9.72 Å². The fraction of sp³-hybridized carbons (Fsp3) is 0.526. The Balaban J connectivity index is 1.68. The summed E-state index contributed by atoms with van der Waals surface area (Å²) >= 11 is 0. The van der Waals surface area contributed by atoms with E-state index in [1.54, 1.807) is 7.11 Å². The second-order valence-electron chi connectivity index (χ2n) is 6.92. The van der Waals surface area contributed by atoms with E-state index in [-0.39, 0.29) is 0 Å². The van der Waals surface area contributed by atoms with Gasteiger partial charge in [0.05, 0.1) is 7.11 Å². The zero-order chi connectivity index (χ0) is 15.1. The summed E-state index contributed by atoms with van der Waals surface area (Å²) in [4.78, 5) is 7.26. The first-order valence-electron chi connectivity index (χ1n) is 8.44. The Hall–Kier alpha value is -1.77. The van der Waals surface area contributed by atoms with Gasteiger partial charge < -0.3 is 9.64 Å². The van der Waals surface area contributed by atoms with Crippen LogP contribution in [0, 0.1) is 18.8 Å². The molecule has 1 aliphatic heterocycles. The van der Waals surface area contributed by atoms with Crippen molar-refractivity contribution < 1.29 is 4.74 Å². The van der Waals surface area contributed by atoms with E-state index < -0.39 is 0 Å². The summed E-state index contributed by atoms with van der Waals surface area (Å²) in [5.41, 5.74) is 3.39. The normalized spacial score (nSPS) is 21.5. The fourth-order valence-corrected chi connectivity index (χ4v) is 3.82. The minimum absolute atomic E-state index is 0.871. The highest BCUT2D eigenvalue weighted by molar-refractivity contribution is 5.95. The standard InChI is InChI=1S/C19H24N2O/c1-13-10-17(16-4-3-5-18(22-2)19(16)20-13)21-9-8-15(12-21)11-14-6-7-14/h3-5,10,14-15H,6-9,11-12H2,1-2H3. The van der Waals surface area contributed by atoms with Gasteiger partial charge in [-0.05, 0) is 43.7 Å². The first-order chi connectivity index (χ1) is 10.7. The number of methoxy groups -OCH3 is 1. The van der Waals surface area contributed by atoms with Gasteiger partial charge in [-0.3, -0.25) is 0 Å². The molecule has 1 saturated heterocycles. The molecule has 116 valence electrons. The average molecular weight is 296 g/mol. The molecule has 1 aromatic heterocycles. The van der Waals surface area contributed by atoms with E-state index in [2.05, 4.69) is 30.0 Å². The molecule has 1 unspecified atom stereocenters. The van der Waals surface area contributed by atoms with Crippen molar-refractivity contribution in [1.82, 2.24) is 4.98 Å². The summed E-state index contributed by atoms with van der Waals surface area (Å²) in [6, 6.07) is 8.48. The van der Waals surface area contributed by atoms with Gasteiger partial charge in [0, 0.05) is 29.9 Å². The zero-order valence-corrected chi connectivity index (χ0v) is 13.5. The first-order valence-corrected chi connectivity index (χ1v) is 8.44. The smallest absolute Gasteiger partial charge is 0.145 e. The SMILES string of the molecule is COc1cccc2c(N3CCC(CC4CC4)C3)cc(C)nc12. The number of anilines is 1. The van der Waals surface area contributed by atoms with Crippen LogP contribution < -0.4 is 9.64 Å². The minimum Gasteiger partial charge on any atom is -0.494 e. The van der Waals surface area contributed by atoms with Crippen LogP contribution in [0.15, 0.2) is 24.3 Å². The molecule has 1 aromatic carbocycles. The van der Waals surface area contributed by atoms with Crippen LogP contribution in [0.4, 0.5) is 5.69 Å². The highest BCUT2D eigenvalue weighted by atomic mass is 16.5. The predicted molar refractivity (Wildman–Crippen MR) is 90.7 cm³/mol. The van der Waals surface area contributed by atoms with Crippen LogP contribution in [0.5, 0.6) is 5.75 Å². The number of para-hydroxylation sites is 1. The highest BCUT2D eigenvalue weighted by Crippen LogP contribution is 2.40. The maximum atomic E-state index is 5.50. The molecule has 0 bridgehead atoms. The van der Waals surface area contributed by atoms with E-state index >= 15 is 0 Å². The third-order valence-corrected chi connectivity index (χ3v) is 5.12. The van der Waals surface area contributed by atoms with Gasteiger partial charge in [-0.1, -0.05) is 25.0 Å². The van der Waals surface area contributed by atoms with E-state index in [9.17, 15) is 0 Å². The Morgan fingerprint density at radius 2 is 2.09 bits per heavy atom. The molecule has 0 N–H and O–H groups in total. The van der Waals surface area contributed by atoms with Crippen LogP contribution in [0.25, 0.3) is 10.9 Å². The molecule has 0 radical (unpaired) electrons. The number of benzene rings is 1. The molecular weight excluding hydrogens is 272 g/mol. The number of hydrogen-bond donors (Lipinski definition) is 0. The molecule has 1 saturated carbocycles. The number of ether oxygens (including phenoxy) is 1. The Kier molecular flexibility index (Phi) is 3.44. The number of aromatic nitrogens is 1. The topological polar surface area (TPSA) is 25.4 Å². The molecule has 4 rings (SSSR count). The quantitative estimate of drug-likeness (QED) is 0.846.